The monoisotopic (exact) mass is 397 g/mol. The molecule has 0 atom stereocenters. The van der Waals surface area contributed by atoms with Crippen LogP contribution in [0.4, 0.5) is 0 Å². The molecule has 0 unspecified atom stereocenters. The van der Waals surface area contributed by atoms with Crippen LogP contribution in [-0.2, 0) is 11.3 Å². The van der Waals surface area contributed by atoms with Crippen molar-refractivity contribution in [1.29, 1.82) is 5.26 Å². The molecule has 8 heteroatoms. The molecule has 1 aliphatic heterocycles. The van der Waals surface area contributed by atoms with E-state index in [0.717, 1.165) is 16.9 Å². The Hall–Kier alpha value is -3.31. The summed E-state index contributed by atoms with van der Waals surface area (Å²) in [6, 6.07) is 7.16. The van der Waals surface area contributed by atoms with Crippen molar-refractivity contribution in [2.24, 2.45) is 0 Å². The van der Waals surface area contributed by atoms with Crippen molar-refractivity contribution >= 4 is 28.9 Å². The molecule has 1 N–H and O–H groups in total. The average molecular weight is 397 g/mol. The number of carbonyl (C=O) groups excluding carboxylic acids is 1. The zero-order chi connectivity index (χ0) is 20.3. The van der Waals surface area contributed by atoms with E-state index in [4.69, 9.17) is 9.47 Å². The summed E-state index contributed by atoms with van der Waals surface area (Å²) in [7, 11) is 0. The van der Waals surface area contributed by atoms with E-state index in [0.29, 0.717) is 20.7 Å². The number of ether oxygens (including phenoxy) is 2. The molecule has 1 aromatic heterocycles. The fourth-order valence-electron chi connectivity index (χ4n) is 2.68. The summed E-state index contributed by atoms with van der Waals surface area (Å²) in [5, 5.41) is 12.2. The summed E-state index contributed by atoms with van der Waals surface area (Å²) in [5.74, 6) is 0.752. The van der Waals surface area contributed by atoms with E-state index in [1.54, 1.807) is 38.1 Å². The van der Waals surface area contributed by atoms with E-state index in [9.17, 15) is 14.9 Å². The number of amides is 1. The minimum Gasteiger partial charge on any atom is -0.454 e. The third kappa shape index (κ3) is 3.85. The largest absolute Gasteiger partial charge is 0.454 e. The predicted molar refractivity (Wildman–Crippen MR) is 106 cm³/mol. The normalized spacial score (nSPS) is 14.0. The van der Waals surface area contributed by atoms with Gasteiger partial charge in [0.05, 0.1) is 4.53 Å². The van der Waals surface area contributed by atoms with Crippen molar-refractivity contribution in [2.75, 3.05) is 6.79 Å². The van der Waals surface area contributed by atoms with E-state index in [-0.39, 0.29) is 30.5 Å². The molecule has 0 saturated carbocycles. The number of fused-ring (bicyclic) bond motifs is 1. The number of benzene rings is 1. The lowest BCUT2D eigenvalue weighted by molar-refractivity contribution is -0.116. The molecule has 2 heterocycles. The van der Waals surface area contributed by atoms with E-state index in [1.165, 1.54) is 4.57 Å². The highest BCUT2D eigenvalue weighted by atomic mass is 32.1. The van der Waals surface area contributed by atoms with Gasteiger partial charge >= 0.3 is 0 Å². The zero-order valence-electron chi connectivity index (χ0n) is 15.5. The molecular formula is C20H19N3O4S. The van der Waals surface area contributed by atoms with E-state index >= 15 is 0 Å². The molecule has 1 amide bonds. The number of allylic oxidation sites excluding steroid dienone is 1. The van der Waals surface area contributed by atoms with Crippen molar-refractivity contribution in [3.8, 4) is 17.6 Å². The van der Waals surface area contributed by atoms with Gasteiger partial charge in [-0.15, -0.1) is 17.9 Å². The van der Waals surface area contributed by atoms with Gasteiger partial charge in [-0.3, -0.25) is 14.2 Å². The van der Waals surface area contributed by atoms with E-state index < -0.39 is 5.91 Å². The molecule has 7 nitrogen and oxygen atoms in total. The number of nitrogens with one attached hydrogen (secondary N) is 1. The predicted octanol–water partition coefficient (Wildman–Crippen LogP) is 0.852. The molecular weight excluding hydrogens is 378 g/mol. The maximum Gasteiger partial charge on any atom is 0.269 e. The number of thiazole rings is 1. The zero-order valence-corrected chi connectivity index (χ0v) is 16.3. The first-order valence-electron chi connectivity index (χ1n) is 8.61. The van der Waals surface area contributed by atoms with Crippen LogP contribution in [0.15, 0.2) is 35.6 Å². The molecule has 28 heavy (non-hydrogen) atoms. The van der Waals surface area contributed by atoms with Gasteiger partial charge in [-0.25, -0.2) is 0 Å². The molecule has 3 rings (SSSR count). The Morgan fingerprint density at radius 3 is 2.86 bits per heavy atom. The van der Waals surface area contributed by atoms with Crippen molar-refractivity contribution in [3.05, 3.63) is 56.0 Å². The lowest BCUT2D eigenvalue weighted by Gasteiger charge is -2.07. The Bertz CT molecular complexity index is 1150. The molecule has 0 fully saturated rings. The van der Waals surface area contributed by atoms with Crippen molar-refractivity contribution in [1.82, 2.24) is 9.88 Å². The highest BCUT2D eigenvalue weighted by Crippen LogP contribution is 2.32. The van der Waals surface area contributed by atoms with Crippen LogP contribution in [0.2, 0.25) is 0 Å². The van der Waals surface area contributed by atoms with Crippen molar-refractivity contribution in [3.63, 3.8) is 0 Å². The summed E-state index contributed by atoms with van der Waals surface area (Å²) in [5.41, 5.74) is 0.371. The van der Waals surface area contributed by atoms with Gasteiger partial charge in [-0.1, -0.05) is 12.1 Å². The van der Waals surface area contributed by atoms with Gasteiger partial charge in [-0.2, -0.15) is 5.26 Å². The highest BCUT2D eigenvalue weighted by molar-refractivity contribution is 7.07. The first-order chi connectivity index (χ1) is 13.4. The maximum absolute atomic E-state index is 12.9. The van der Waals surface area contributed by atoms with Crippen molar-refractivity contribution in [2.45, 2.75) is 26.4 Å². The van der Waals surface area contributed by atoms with Gasteiger partial charge in [0.15, 0.2) is 17.1 Å². The molecule has 0 radical (unpaired) electrons. The molecule has 0 saturated heterocycles. The number of rotatable bonds is 5. The first-order valence-corrected chi connectivity index (χ1v) is 9.43. The van der Waals surface area contributed by atoms with E-state index in [1.807, 2.05) is 12.1 Å². The number of nitrogens with zero attached hydrogens (tertiary/aromatic N) is 2. The van der Waals surface area contributed by atoms with Gasteiger partial charge in [0, 0.05) is 12.6 Å². The van der Waals surface area contributed by atoms with Crippen LogP contribution in [-0.4, -0.2) is 23.3 Å². The molecule has 1 aromatic carbocycles. The van der Waals surface area contributed by atoms with Gasteiger partial charge in [0.25, 0.3) is 11.5 Å². The lowest BCUT2D eigenvalue weighted by Crippen LogP contribution is -2.36. The first kappa shape index (κ1) is 19.5. The Labute approximate surface area is 165 Å². The summed E-state index contributed by atoms with van der Waals surface area (Å²) < 4.78 is 12.7. The van der Waals surface area contributed by atoms with Crippen LogP contribution in [0.25, 0.3) is 11.6 Å². The maximum atomic E-state index is 12.9. The lowest BCUT2D eigenvalue weighted by atomic mass is 10.2. The topological polar surface area (TPSA) is 93.3 Å². The highest BCUT2D eigenvalue weighted by Gasteiger charge is 2.17. The summed E-state index contributed by atoms with van der Waals surface area (Å²) >= 11 is 1.10. The van der Waals surface area contributed by atoms with Crippen molar-refractivity contribution < 1.29 is 14.3 Å². The summed E-state index contributed by atoms with van der Waals surface area (Å²) in [6.45, 7) is 7.63. The smallest absolute Gasteiger partial charge is 0.269 e. The second-order valence-corrected chi connectivity index (χ2v) is 7.38. The number of hydrogen-bond donors (Lipinski definition) is 1. The fourth-order valence-corrected chi connectivity index (χ4v) is 3.79. The van der Waals surface area contributed by atoms with Crippen LogP contribution in [0.5, 0.6) is 11.5 Å². The Morgan fingerprint density at radius 2 is 2.18 bits per heavy atom. The fraction of sp³-hybridized carbons (Fsp3) is 0.250. The molecule has 0 bridgehead atoms. The molecule has 144 valence electrons. The SMILES string of the molecule is C=CCn1c(=C(C#N)C(=O)NC(C)C)sc(=Cc2ccc3c(c2)OCO3)c1=O. The summed E-state index contributed by atoms with van der Waals surface area (Å²) in [4.78, 5) is 25.3. The molecule has 1 aliphatic rings. The second-order valence-electron chi connectivity index (χ2n) is 6.35. The molecule has 2 aromatic rings. The van der Waals surface area contributed by atoms with E-state index in [2.05, 4.69) is 11.9 Å². The van der Waals surface area contributed by atoms with Crippen LogP contribution in [0.1, 0.15) is 19.4 Å². The minimum atomic E-state index is -0.508. The quantitative estimate of drug-likeness (QED) is 0.755. The second kappa shape index (κ2) is 8.15. The van der Waals surface area contributed by atoms with Gasteiger partial charge < -0.3 is 14.8 Å². The Balaban J connectivity index is 2.20. The van der Waals surface area contributed by atoms with Gasteiger partial charge in [-0.05, 0) is 37.6 Å². The van der Waals surface area contributed by atoms with Crippen LogP contribution >= 0.6 is 11.3 Å². The van der Waals surface area contributed by atoms with Crippen LogP contribution in [0, 0.1) is 11.3 Å². The Morgan fingerprint density at radius 1 is 1.43 bits per heavy atom. The van der Waals surface area contributed by atoms with Crippen LogP contribution < -0.4 is 29.5 Å². The number of aromatic nitrogens is 1. The standard InChI is InChI=1S/C20H19N3O4S/c1-4-7-23-19(25)17(9-13-5-6-15-16(8-13)27-11-26-15)28-20(23)14(10-21)18(24)22-12(2)3/h4-6,8-9,12H,1,7,11H2,2-3H3,(H,22,24). The minimum absolute atomic E-state index is 0.0945. The third-order valence-electron chi connectivity index (χ3n) is 3.89. The van der Waals surface area contributed by atoms with Gasteiger partial charge in [0.1, 0.15) is 10.7 Å². The number of carbonyl (C=O) groups is 1. The molecule has 0 aliphatic carbocycles. The average Bonchev–Trinajstić information content (AvgIpc) is 3.22. The third-order valence-corrected chi connectivity index (χ3v) is 5.02. The van der Waals surface area contributed by atoms with Gasteiger partial charge in [0.2, 0.25) is 6.79 Å². The van der Waals surface area contributed by atoms with Crippen LogP contribution in [0.3, 0.4) is 0 Å². The number of hydrogen-bond acceptors (Lipinski definition) is 6. The summed E-state index contributed by atoms with van der Waals surface area (Å²) in [6.07, 6.45) is 3.25. The Kier molecular flexibility index (Phi) is 5.66. The molecule has 0 spiro atoms. The number of nitriles is 1.